The zero-order valence-electron chi connectivity index (χ0n) is 39.6. The minimum atomic E-state index is -1.61. The number of nitrogens with zero attached hydrogens (tertiary/aromatic N) is 4. The van der Waals surface area contributed by atoms with Crippen molar-refractivity contribution in [2.24, 2.45) is 0 Å². The van der Waals surface area contributed by atoms with E-state index in [9.17, 15) is 49.8 Å². The zero-order chi connectivity index (χ0) is 48.0. The first-order chi connectivity index (χ1) is 32.6. The number of thiazole rings is 4. The Morgan fingerprint density at radius 1 is 0.444 bits per heavy atom. The topological polar surface area (TPSA) is 271 Å². The number of phenolic OH excluding ortho intramolecular Hbond substituents is 2. The molecule has 344 valence electrons. The van der Waals surface area contributed by atoms with Gasteiger partial charge in [-0.2, -0.15) is 0 Å². The number of carboxylic acid groups (broad SMARTS) is 4. The molecule has 4 aromatic carbocycles. The fourth-order valence-electron chi connectivity index (χ4n) is 7.90. The molecule has 4 aromatic heterocycles. The van der Waals surface area contributed by atoms with Gasteiger partial charge in [-0.05, 0) is 129 Å². The minimum absolute atomic E-state index is 0. The van der Waals surface area contributed by atoms with Gasteiger partial charge in [-0.3, -0.25) is 0 Å². The van der Waals surface area contributed by atoms with Crippen LogP contribution in [0.5, 0.6) is 23.0 Å². The molecule has 0 saturated carbocycles. The number of aromatic carboxylic acids is 4. The smallest absolute Gasteiger partial charge is 0.545 e. The molecule has 0 aliphatic heterocycles. The van der Waals surface area contributed by atoms with E-state index in [2.05, 4.69) is 19.9 Å². The van der Waals surface area contributed by atoms with Crippen LogP contribution in [0, 0.1) is 13.8 Å². The fraction of sp³-hybridized carbons (Fsp3) is 0.167. The summed E-state index contributed by atoms with van der Waals surface area (Å²) in [5.41, 5.74) is 1.69. The first-order valence-electron chi connectivity index (χ1n) is 20.4. The fourth-order valence-corrected chi connectivity index (χ4v) is 11.2. The van der Waals surface area contributed by atoms with E-state index >= 15 is 0 Å². The van der Waals surface area contributed by atoms with Crippen molar-refractivity contribution in [3.8, 4) is 43.0 Å². The molecule has 2 N–H and O–H groups in total. The van der Waals surface area contributed by atoms with Crippen molar-refractivity contribution >= 4 is 69.2 Å². The Morgan fingerprint density at radius 3 is 0.944 bits per heavy atom. The number of carbonyl (C=O) groups excluding carboxylic acids is 4. The van der Waals surface area contributed by atoms with Gasteiger partial charge in [0.1, 0.15) is 36.2 Å². The number of carbonyl (C=O) groups is 4. The number of aryl methyl sites for hydroxylation is 2. The van der Waals surface area contributed by atoms with Crippen molar-refractivity contribution in [3.05, 3.63) is 160 Å². The van der Waals surface area contributed by atoms with Crippen LogP contribution < -0.4 is 148 Å². The molecule has 0 atom stereocenters. The van der Waals surface area contributed by atoms with Crippen LogP contribution >= 0.6 is 45.3 Å². The maximum atomic E-state index is 12.6. The summed E-state index contributed by atoms with van der Waals surface area (Å²) in [7, 11) is 0. The van der Waals surface area contributed by atoms with Gasteiger partial charge in [0.25, 0.3) is 0 Å². The number of aromatic nitrogens is 4. The summed E-state index contributed by atoms with van der Waals surface area (Å²) >= 11 is 5.49. The molecular formula is C48H32N4Na4O12S4. The number of benzene rings is 4. The van der Waals surface area contributed by atoms with E-state index in [0.717, 1.165) is 11.4 Å². The van der Waals surface area contributed by atoms with Crippen LogP contribution in [0.3, 0.4) is 0 Å². The second-order valence-electron chi connectivity index (χ2n) is 15.8. The Kier molecular flexibility index (Phi) is 20.9. The van der Waals surface area contributed by atoms with Crippen LogP contribution in [0.4, 0.5) is 0 Å². The van der Waals surface area contributed by atoms with Crippen LogP contribution in [-0.2, 0) is 38.9 Å². The molecule has 0 radical (unpaired) electrons. The van der Waals surface area contributed by atoms with Gasteiger partial charge in [-0.25, -0.2) is 19.9 Å². The molecule has 72 heavy (non-hydrogen) atoms. The second-order valence-corrected chi connectivity index (χ2v) is 19.3. The van der Waals surface area contributed by atoms with E-state index in [4.69, 9.17) is 9.47 Å². The summed E-state index contributed by atoms with van der Waals surface area (Å²) in [5, 5.41) is 84.5. The molecular weight excluding hydrogens is 1040 g/mol. The molecule has 0 spiro atoms. The molecule has 0 unspecified atom stereocenters. The number of rotatable bonds is 12. The summed E-state index contributed by atoms with van der Waals surface area (Å²) < 4.78 is 12.9. The van der Waals surface area contributed by atoms with Gasteiger partial charge in [0.05, 0.1) is 35.3 Å². The van der Waals surface area contributed by atoms with E-state index in [1.807, 2.05) is 24.6 Å². The number of fused-ring (bicyclic) bond motifs is 8. The largest absolute Gasteiger partial charge is 1.00 e. The van der Waals surface area contributed by atoms with Crippen molar-refractivity contribution in [1.82, 2.24) is 19.9 Å². The molecule has 8 bridgehead atoms. The average molecular weight is 1080 g/mol. The molecule has 1 aliphatic carbocycles. The molecule has 16 nitrogen and oxygen atoms in total. The Labute approximate surface area is 515 Å². The normalized spacial score (nSPS) is 11.5. The third-order valence-electron chi connectivity index (χ3n) is 10.9. The van der Waals surface area contributed by atoms with E-state index in [1.54, 1.807) is 10.8 Å². The van der Waals surface area contributed by atoms with Gasteiger partial charge in [0.15, 0.2) is 20.0 Å². The summed E-state index contributed by atoms with van der Waals surface area (Å²) in [5.74, 6) is -7.10. The van der Waals surface area contributed by atoms with Gasteiger partial charge in [-0.1, -0.05) is 0 Å². The summed E-state index contributed by atoms with van der Waals surface area (Å²) in [6, 6.07) is 9.66. The van der Waals surface area contributed by atoms with Crippen LogP contribution in [0.1, 0.15) is 109 Å². The predicted octanol–water partition coefficient (Wildman–Crippen LogP) is -7.82. The van der Waals surface area contributed by atoms with E-state index < -0.39 is 35.4 Å². The van der Waals surface area contributed by atoms with Crippen LogP contribution in [0.25, 0.3) is 20.0 Å². The summed E-state index contributed by atoms with van der Waals surface area (Å²) in [6.07, 6.45) is -1.39. The van der Waals surface area contributed by atoms with Crippen molar-refractivity contribution in [1.29, 1.82) is 0 Å². The molecule has 8 aromatic rings. The van der Waals surface area contributed by atoms with Crippen molar-refractivity contribution in [2.45, 2.75) is 52.7 Å². The zero-order valence-corrected chi connectivity index (χ0v) is 50.8. The predicted molar refractivity (Wildman–Crippen MR) is 242 cm³/mol. The van der Waals surface area contributed by atoms with Crippen LogP contribution in [0.15, 0.2) is 70.1 Å². The average Bonchev–Trinajstić information content (AvgIpc) is 4.14. The first kappa shape index (κ1) is 59.4. The third kappa shape index (κ3) is 13.3. The molecule has 4 heterocycles. The molecule has 1 aliphatic rings. The number of hydrogen-bond donors (Lipinski definition) is 2. The third-order valence-corrected chi connectivity index (χ3v) is 14.9. The summed E-state index contributed by atoms with van der Waals surface area (Å²) in [6.45, 7) is 3.39. The van der Waals surface area contributed by atoms with Crippen molar-refractivity contribution in [2.75, 3.05) is 0 Å². The molecule has 9 rings (SSSR count). The number of carboxylic acids is 4. The van der Waals surface area contributed by atoms with Crippen LogP contribution in [0.2, 0.25) is 0 Å². The van der Waals surface area contributed by atoms with E-state index in [1.165, 1.54) is 93.9 Å². The minimum Gasteiger partial charge on any atom is -0.545 e. The monoisotopic (exact) mass is 1080 g/mol. The molecule has 0 saturated heterocycles. The van der Waals surface area contributed by atoms with Gasteiger partial charge in [0.2, 0.25) is 0 Å². The van der Waals surface area contributed by atoms with E-state index in [-0.39, 0.29) is 235 Å². The van der Waals surface area contributed by atoms with Gasteiger partial charge in [0, 0.05) is 58.6 Å². The Morgan fingerprint density at radius 2 is 0.694 bits per heavy atom. The Hall–Kier alpha value is -3.52. The number of hydrogen-bond acceptors (Lipinski definition) is 20. The Bertz CT molecular complexity index is 3060. The maximum Gasteiger partial charge on any atom is 1.00 e. The van der Waals surface area contributed by atoms with Crippen LogP contribution in [-0.4, -0.2) is 54.0 Å². The van der Waals surface area contributed by atoms with Gasteiger partial charge >= 0.3 is 118 Å². The molecule has 24 heteroatoms. The second kappa shape index (κ2) is 25.3. The van der Waals surface area contributed by atoms with Gasteiger partial charge < -0.3 is 59.3 Å². The molecule has 0 amide bonds. The van der Waals surface area contributed by atoms with Crippen molar-refractivity contribution in [3.63, 3.8) is 0 Å². The SMILES string of the molecule is Cc1csc(-c2nc(COc3c4cc(C(=O)[O-])cc3Cc3cc(C(=O)[O-])cc(c3O)Cc3cc(C(=O)[O-])cc(c3OCc3csc(-c5nc(C)cs5)n3)Cc3cc(C(=O)[O-])cc(c3O)C4)cs2)n1.[Na+].[Na+].[Na+].[Na+]. The quantitative estimate of drug-likeness (QED) is 0.108. The Balaban J connectivity index is 0.00000241. The summed E-state index contributed by atoms with van der Waals surface area (Å²) in [4.78, 5) is 68.8. The van der Waals surface area contributed by atoms with Gasteiger partial charge in [-0.15, -0.1) is 45.3 Å². The van der Waals surface area contributed by atoms with Crippen molar-refractivity contribution < 1.29 is 178 Å². The van der Waals surface area contributed by atoms with E-state index in [0.29, 0.717) is 31.4 Å². The number of aromatic hydroxyl groups is 2. The number of ether oxygens (including phenoxy) is 2. The molecule has 0 fully saturated rings. The first-order valence-corrected chi connectivity index (χ1v) is 23.9. The number of phenols is 2. The standard InChI is InChI=1S/C48H36N4O12S4.4Na/c1-21-17-65-41(49-21)43-51-35(19-67-43)15-63-39-27-3-23-7-31(45(55)56)9-25(37(23)53)5-29-13-34(48(61)62)14-30(40(29)64-16-36-20-68-44(52-36)42-50-22(2)18-66-42)6-26-10-32(46(57)58)8-24(38(26)54)4-28(39)12-33(11-27)47(59)60;;;;/h7-14,17-20,53-54H,3-6,15-16H2,1-2H3,(H,55,56)(H,57,58)(H,59,60)(H,61,62);;;;/q;4*+1/p-4. The maximum absolute atomic E-state index is 12.6.